The van der Waals surface area contributed by atoms with E-state index in [-0.39, 0.29) is 12.5 Å². The smallest absolute Gasteiger partial charge is 0.311 e. The van der Waals surface area contributed by atoms with Crippen molar-refractivity contribution >= 4 is 11.9 Å². The molecule has 0 radical (unpaired) electrons. The van der Waals surface area contributed by atoms with Crippen LogP contribution in [0.1, 0.15) is 55.2 Å². The fraction of sp³-hybridized carbons (Fsp3) is 0.667. The lowest BCUT2D eigenvalue weighted by atomic mass is 9.74. The lowest BCUT2D eigenvalue weighted by Gasteiger charge is -2.33. The Bertz CT molecular complexity index is 530. The Morgan fingerprint density at radius 1 is 1.38 bits per heavy atom. The molecule has 1 aromatic rings. The highest BCUT2D eigenvalue weighted by atomic mass is 16.4. The summed E-state index contributed by atoms with van der Waals surface area (Å²) in [6.07, 6.45) is 4.93. The van der Waals surface area contributed by atoms with Crippen LogP contribution in [-0.4, -0.2) is 33.3 Å². The van der Waals surface area contributed by atoms with Crippen LogP contribution in [0.2, 0.25) is 0 Å². The Balaban J connectivity index is 2.05. The summed E-state index contributed by atoms with van der Waals surface area (Å²) in [7, 11) is 1.72. The van der Waals surface area contributed by atoms with Crippen LogP contribution < -0.4 is 5.32 Å². The average Bonchev–Trinajstić information content (AvgIpc) is 2.87. The van der Waals surface area contributed by atoms with E-state index in [9.17, 15) is 14.7 Å². The number of rotatable bonds is 5. The summed E-state index contributed by atoms with van der Waals surface area (Å²) in [6.45, 7) is 2.17. The van der Waals surface area contributed by atoms with E-state index >= 15 is 0 Å². The van der Waals surface area contributed by atoms with E-state index in [1.807, 2.05) is 6.92 Å². The minimum Gasteiger partial charge on any atom is -0.481 e. The molecule has 1 fully saturated rings. The molecule has 0 aromatic carbocycles. The second kappa shape index (κ2) is 6.28. The van der Waals surface area contributed by atoms with Crippen molar-refractivity contribution in [3.05, 3.63) is 17.5 Å². The van der Waals surface area contributed by atoms with E-state index in [1.54, 1.807) is 17.8 Å². The highest BCUT2D eigenvalue weighted by Crippen LogP contribution is 2.36. The van der Waals surface area contributed by atoms with Gasteiger partial charge in [-0.15, -0.1) is 0 Å². The highest BCUT2D eigenvalue weighted by molar-refractivity contribution is 5.93. The van der Waals surface area contributed by atoms with Crippen LogP contribution in [0.5, 0.6) is 0 Å². The van der Waals surface area contributed by atoms with Crippen molar-refractivity contribution in [2.75, 3.05) is 6.54 Å². The predicted octanol–water partition coefficient (Wildman–Crippen LogP) is 1.75. The number of carboxylic acid groups (broad SMARTS) is 1. The normalized spacial score (nSPS) is 17.4. The van der Waals surface area contributed by atoms with Crippen LogP contribution in [0, 0.1) is 5.41 Å². The van der Waals surface area contributed by atoms with Crippen molar-refractivity contribution < 1.29 is 14.7 Å². The monoisotopic (exact) mass is 293 g/mol. The van der Waals surface area contributed by atoms with Gasteiger partial charge in [-0.2, -0.15) is 5.10 Å². The molecule has 1 aromatic heterocycles. The molecule has 0 aliphatic heterocycles. The zero-order chi connectivity index (χ0) is 15.5. The third-order valence-electron chi connectivity index (χ3n) is 4.38. The van der Waals surface area contributed by atoms with Crippen LogP contribution in [0.15, 0.2) is 6.07 Å². The second-order valence-corrected chi connectivity index (χ2v) is 5.83. The summed E-state index contributed by atoms with van der Waals surface area (Å²) in [5.41, 5.74) is 0.525. The van der Waals surface area contributed by atoms with Crippen molar-refractivity contribution in [3.63, 3.8) is 0 Å². The van der Waals surface area contributed by atoms with E-state index in [0.29, 0.717) is 18.5 Å². The molecule has 2 rings (SSSR count). The lowest BCUT2D eigenvalue weighted by Crippen LogP contribution is -2.44. The predicted molar refractivity (Wildman–Crippen MR) is 78.1 cm³/mol. The van der Waals surface area contributed by atoms with Gasteiger partial charge in [0.25, 0.3) is 5.91 Å². The number of carbonyl (C=O) groups is 2. The van der Waals surface area contributed by atoms with Gasteiger partial charge >= 0.3 is 5.97 Å². The molecule has 1 heterocycles. The molecular weight excluding hydrogens is 270 g/mol. The molecule has 0 bridgehead atoms. The van der Waals surface area contributed by atoms with Crippen LogP contribution in [-0.2, 0) is 18.3 Å². The third-order valence-corrected chi connectivity index (χ3v) is 4.38. The number of hydrogen-bond donors (Lipinski definition) is 2. The number of aryl methyl sites for hydroxylation is 2. The number of aliphatic carboxylic acids is 1. The van der Waals surface area contributed by atoms with Gasteiger partial charge in [0.15, 0.2) is 0 Å². The van der Waals surface area contributed by atoms with E-state index in [2.05, 4.69) is 10.4 Å². The Morgan fingerprint density at radius 3 is 2.57 bits per heavy atom. The highest BCUT2D eigenvalue weighted by Gasteiger charge is 2.39. The maximum Gasteiger partial charge on any atom is 0.311 e. The quantitative estimate of drug-likeness (QED) is 0.866. The summed E-state index contributed by atoms with van der Waals surface area (Å²) >= 11 is 0. The molecule has 116 valence electrons. The zero-order valence-corrected chi connectivity index (χ0v) is 12.7. The first kappa shape index (κ1) is 15.5. The molecule has 0 unspecified atom stereocenters. The Kier molecular flexibility index (Phi) is 4.65. The molecule has 2 N–H and O–H groups in total. The van der Waals surface area contributed by atoms with E-state index < -0.39 is 11.4 Å². The van der Waals surface area contributed by atoms with Gasteiger partial charge < -0.3 is 10.4 Å². The Labute approximate surface area is 124 Å². The summed E-state index contributed by atoms with van der Waals surface area (Å²) in [4.78, 5) is 23.8. The topological polar surface area (TPSA) is 84.2 Å². The molecule has 1 saturated carbocycles. The van der Waals surface area contributed by atoms with Crippen molar-refractivity contribution in [1.29, 1.82) is 0 Å². The van der Waals surface area contributed by atoms with Gasteiger partial charge in [0.05, 0.1) is 11.1 Å². The Morgan fingerprint density at radius 2 is 2.05 bits per heavy atom. The molecule has 1 aliphatic rings. The molecule has 21 heavy (non-hydrogen) atoms. The van der Waals surface area contributed by atoms with Gasteiger partial charge in [0.2, 0.25) is 0 Å². The van der Waals surface area contributed by atoms with Gasteiger partial charge in [0, 0.05) is 13.6 Å². The van der Waals surface area contributed by atoms with Crippen LogP contribution >= 0.6 is 0 Å². The molecule has 6 nitrogen and oxygen atoms in total. The average molecular weight is 293 g/mol. The largest absolute Gasteiger partial charge is 0.481 e. The molecule has 1 amide bonds. The number of nitrogens with one attached hydrogen (secondary N) is 1. The first-order valence-corrected chi connectivity index (χ1v) is 7.53. The number of carbonyl (C=O) groups excluding carboxylic acids is 1. The van der Waals surface area contributed by atoms with Crippen molar-refractivity contribution in [1.82, 2.24) is 15.1 Å². The Hall–Kier alpha value is -1.85. The number of nitrogens with zero attached hydrogens (tertiary/aromatic N) is 2. The minimum atomic E-state index is -0.805. The number of hydrogen-bond acceptors (Lipinski definition) is 3. The van der Waals surface area contributed by atoms with Gasteiger partial charge in [-0.05, 0) is 25.3 Å². The second-order valence-electron chi connectivity index (χ2n) is 5.83. The standard InChI is InChI=1S/C15H23N3O3/c1-3-11-9-12(18(2)17-11)13(19)16-10-15(14(20)21)7-5-4-6-8-15/h9H,3-8,10H2,1-2H3,(H,16,19)(H,20,21). The first-order chi connectivity index (χ1) is 9.98. The van der Waals surface area contributed by atoms with Crippen LogP contribution in [0.4, 0.5) is 0 Å². The van der Waals surface area contributed by atoms with E-state index in [1.165, 1.54) is 0 Å². The van der Waals surface area contributed by atoms with Crippen molar-refractivity contribution in [2.45, 2.75) is 45.4 Å². The van der Waals surface area contributed by atoms with Gasteiger partial charge in [-0.25, -0.2) is 0 Å². The van der Waals surface area contributed by atoms with Crippen molar-refractivity contribution in [3.8, 4) is 0 Å². The van der Waals surface area contributed by atoms with Gasteiger partial charge in [0.1, 0.15) is 5.69 Å². The lowest BCUT2D eigenvalue weighted by molar-refractivity contribution is -0.150. The van der Waals surface area contributed by atoms with Gasteiger partial charge in [-0.3, -0.25) is 14.3 Å². The fourth-order valence-corrected chi connectivity index (χ4v) is 2.95. The van der Waals surface area contributed by atoms with Gasteiger partial charge in [-0.1, -0.05) is 26.2 Å². The zero-order valence-electron chi connectivity index (χ0n) is 12.7. The number of amides is 1. The number of aromatic nitrogens is 2. The summed E-state index contributed by atoms with van der Waals surface area (Å²) < 4.78 is 1.54. The fourth-order valence-electron chi connectivity index (χ4n) is 2.95. The van der Waals surface area contributed by atoms with E-state index in [4.69, 9.17) is 0 Å². The van der Waals surface area contributed by atoms with E-state index in [0.717, 1.165) is 31.4 Å². The summed E-state index contributed by atoms with van der Waals surface area (Å²) in [6, 6.07) is 1.75. The molecule has 1 aliphatic carbocycles. The summed E-state index contributed by atoms with van der Waals surface area (Å²) in [5, 5.41) is 16.5. The molecule has 0 spiro atoms. The maximum atomic E-state index is 12.2. The molecule has 0 saturated heterocycles. The SMILES string of the molecule is CCc1cc(C(=O)NCC2(C(=O)O)CCCCC2)n(C)n1. The first-order valence-electron chi connectivity index (χ1n) is 7.53. The maximum absolute atomic E-state index is 12.2. The van der Waals surface area contributed by atoms with Crippen molar-refractivity contribution in [2.24, 2.45) is 12.5 Å². The minimum absolute atomic E-state index is 0.188. The number of carboxylic acids is 1. The third kappa shape index (κ3) is 3.25. The summed E-state index contributed by atoms with van der Waals surface area (Å²) in [5.74, 6) is -1.06. The van der Waals surface area contributed by atoms with Crippen LogP contribution in [0.25, 0.3) is 0 Å². The molecular formula is C15H23N3O3. The molecule has 0 atom stereocenters. The van der Waals surface area contributed by atoms with Crippen LogP contribution in [0.3, 0.4) is 0 Å². The molecule has 6 heteroatoms.